The number of rotatable bonds is 4. The molecule has 0 aliphatic rings. The van der Waals surface area contributed by atoms with Crippen molar-refractivity contribution in [1.82, 2.24) is 0 Å². The first-order valence-corrected chi connectivity index (χ1v) is 6.13. The van der Waals surface area contributed by atoms with Crippen LogP contribution in [0.1, 0.15) is 36.9 Å². The summed E-state index contributed by atoms with van der Waals surface area (Å²) < 4.78 is 0. The Morgan fingerprint density at radius 3 is 2.62 bits per heavy atom. The number of aryl methyl sites for hydroxylation is 1. The van der Waals surface area contributed by atoms with E-state index < -0.39 is 0 Å². The van der Waals surface area contributed by atoms with Gasteiger partial charge in [0.25, 0.3) is 0 Å². The van der Waals surface area contributed by atoms with Gasteiger partial charge in [-0.3, -0.25) is 0 Å². The second-order valence-electron chi connectivity index (χ2n) is 3.55. The lowest BCUT2D eigenvalue weighted by atomic mass is 10.0. The minimum absolute atomic E-state index is 0.751. The average molecular weight is 217 g/mol. The Morgan fingerprint density at radius 1 is 1.46 bits per heavy atom. The molecule has 0 fully saturated rings. The molecule has 0 amide bonds. The summed E-state index contributed by atoms with van der Waals surface area (Å²) in [6.07, 6.45) is 3.47. The zero-order valence-corrected chi connectivity index (χ0v) is 10.1. The molecule has 0 bridgehead atoms. The molecular weight excluding hydrogens is 200 g/mol. The van der Waals surface area contributed by atoms with Gasteiger partial charge in [0.15, 0.2) is 0 Å². The molecule has 13 heavy (non-hydrogen) atoms. The summed E-state index contributed by atoms with van der Waals surface area (Å²) in [6, 6.07) is 2.12. The first-order chi connectivity index (χ1) is 6.17. The van der Waals surface area contributed by atoms with Gasteiger partial charge >= 0.3 is 0 Å². The average Bonchev–Trinajstić information content (AvgIpc) is 2.47. The van der Waals surface area contributed by atoms with Crippen LogP contribution in [0.15, 0.2) is 6.07 Å². The molecule has 1 atom stereocenters. The van der Waals surface area contributed by atoms with E-state index in [1.165, 1.54) is 16.2 Å². The molecule has 0 aromatic carbocycles. The molecule has 1 rings (SSSR count). The maximum atomic E-state index is 6.14. The molecule has 1 heterocycles. The second kappa shape index (κ2) is 5.02. The van der Waals surface area contributed by atoms with Crippen molar-refractivity contribution < 1.29 is 0 Å². The Bertz CT molecular complexity index is 265. The van der Waals surface area contributed by atoms with E-state index in [0.717, 1.165) is 23.8 Å². The quantitative estimate of drug-likeness (QED) is 0.693. The molecular formula is C11H17ClS. The van der Waals surface area contributed by atoms with Crippen molar-refractivity contribution in [3.05, 3.63) is 20.8 Å². The van der Waals surface area contributed by atoms with Gasteiger partial charge in [-0.05, 0) is 24.8 Å². The molecule has 0 N–H and O–H groups in total. The lowest BCUT2D eigenvalue weighted by Crippen LogP contribution is -1.95. The van der Waals surface area contributed by atoms with Gasteiger partial charge in [0.1, 0.15) is 0 Å². The summed E-state index contributed by atoms with van der Waals surface area (Å²) in [4.78, 5) is 2.77. The smallest absolute Gasteiger partial charge is 0.0547 e. The highest BCUT2D eigenvalue weighted by Crippen LogP contribution is 2.29. The van der Waals surface area contributed by atoms with Crippen molar-refractivity contribution >= 4 is 22.9 Å². The zero-order valence-electron chi connectivity index (χ0n) is 8.56. The predicted octanol–water partition coefficient (Wildman–Crippen LogP) is 4.55. The Morgan fingerprint density at radius 2 is 2.15 bits per heavy atom. The fraction of sp³-hybridized carbons (Fsp3) is 0.636. The maximum Gasteiger partial charge on any atom is 0.0547 e. The molecule has 0 nitrogen and oxygen atoms in total. The molecule has 0 aliphatic carbocycles. The fourth-order valence-corrected chi connectivity index (χ4v) is 2.78. The molecule has 0 aliphatic heterocycles. The fourth-order valence-electron chi connectivity index (χ4n) is 1.23. The van der Waals surface area contributed by atoms with Crippen LogP contribution in [0.5, 0.6) is 0 Å². The topological polar surface area (TPSA) is 0 Å². The summed E-state index contributed by atoms with van der Waals surface area (Å²) in [7, 11) is 0. The van der Waals surface area contributed by atoms with Crippen molar-refractivity contribution in [2.45, 2.75) is 40.0 Å². The molecule has 0 spiro atoms. The van der Waals surface area contributed by atoms with Crippen molar-refractivity contribution in [3.8, 4) is 0 Å². The van der Waals surface area contributed by atoms with Gasteiger partial charge in [-0.15, -0.1) is 11.3 Å². The molecule has 0 saturated carbocycles. The lowest BCUT2D eigenvalue weighted by Gasteiger charge is -2.05. The van der Waals surface area contributed by atoms with E-state index in [9.17, 15) is 0 Å². The number of halogens is 1. The van der Waals surface area contributed by atoms with Gasteiger partial charge in [0.2, 0.25) is 0 Å². The summed E-state index contributed by atoms with van der Waals surface area (Å²) >= 11 is 8.01. The predicted molar refractivity (Wildman–Crippen MR) is 61.9 cm³/mol. The molecule has 1 aromatic rings. The van der Waals surface area contributed by atoms with Crippen LogP contribution in [0.4, 0.5) is 0 Å². The van der Waals surface area contributed by atoms with E-state index in [1.54, 1.807) is 0 Å². The molecule has 0 saturated heterocycles. The Labute approximate surface area is 89.9 Å². The van der Waals surface area contributed by atoms with E-state index >= 15 is 0 Å². The number of thiophene rings is 1. The third kappa shape index (κ3) is 2.99. The van der Waals surface area contributed by atoms with Gasteiger partial charge in [-0.1, -0.05) is 38.8 Å². The molecule has 0 radical (unpaired) electrons. The molecule has 2 heteroatoms. The van der Waals surface area contributed by atoms with Crippen molar-refractivity contribution in [3.63, 3.8) is 0 Å². The zero-order chi connectivity index (χ0) is 9.84. The SMILES string of the molecule is CCc1cc(Cl)c(CC(C)CC)s1. The minimum atomic E-state index is 0.751. The van der Waals surface area contributed by atoms with Crippen LogP contribution >= 0.6 is 22.9 Å². The summed E-state index contributed by atoms with van der Waals surface area (Å²) in [5.74, 6) is 0.751. The highest BCUT2D eigenvalue weighted by molar-refractivity contribution is 7.12. The van der Waals surface area contributed by atoms with Crippen molar-refractivity contribution in [2.24, 2.45) is 5.92 Å². The third-order valence-electron chi connectivity index (χ3n) is 2.39. The van der Waals surface area contributed by atoms with Crippen LogP contribution in [0.2, 0.25) is 5.02 Å². The van der Waals surface area contributed by atoms with Crippen LogP contribution in [0, 0.1) is 5.92 Å². The summed E-state index contributed by atoms with van der Waals surface area (Å²) in [5, 5.41) is 0.974. The van der Waals surface area contributed by atoms with Crippen LogP contribution in [0.25, 0.3) is 0 Å². The monoisotopic (exact) mass is 216 g/mol. The largest absolute Gasteiger partial charge is 0.144 e. The van der Waals surface area contributed by atoms with Crippen LogP contribution < -0.4 is 0 Å². The van der Waals surface area contributed by atoms with Crippen molar-refractivity contribution in [2.75, 3.05) is 0 Å². The van der Waals surface area contributed by atoms with Crippen LogP contribution in [0.3, 0.4) is 0 Å². The first kappa shape index (κ1) is 11.1. The lowest BCUT2D eigenvalue weighted by molar-refractivity contribution is 0.565. The van der Waals surface area contributed by atoms with Gasteiger partial charge < -0.3 is 0 Å². The molecule has 1 aromatic heterocycles. The van der Waals surface area contributed by atoms with E-state index in [4.69, 9.17) is 11.6 Å². The van der Waals surface area contributed by atoms with Crippen LogP contribution in [-0.2, 0) is 12.8 Å². The number of hydrogen-bond donors (Lipinski definition) is 0. The standard InChI is InChI=1S/C11H17ClS/c1-4-8(3)6-11-10(12)7-9(5-2)13-11/h7-8H,4-6H2,1-3H3. The third-order valence-corrected chi connectivity index (χ3v) is 4.14. The van der Waals surface area contributed by atoms with Gasteiger partial charge in [-0.25, -0.2) is 0 Å². The van der Waals surface area contributed by atoms with E-state index in [1.807, 2.05) is 11.3 Å². The summed E-state index contributed by atoms with van der Waals surface area (Å²) in [5.41, 5.74) is 0. The van der Waals surface area contributed by atoms with Crippen molar-refractivity contribution in [1.29, 1.82) is 0 Å². The van der Waals surface area contributed by atoms with Gasteiger partial charge in [0, 0.05) is 9.75 Å². The normalized spacial score (nSPS) is 13.2. The Kier molecular flexibility index (Phi) is 4.27. The summed E-state index contributed by atoms with van der Waals surface area (Å²) in [6.45, 7) is 6.68. The Hall–Kier alpha value is -0.0100. The first-order valence-electron chi connectivity index (χ1n) is 4.94. The second-order valence-corrected chi connectivity index (χ2v) is 5.18. The molecule has 74 valence electrons. The minimum Gasteiger partial charge on any atom is -0.144 e. The van der Waals surface area contributed by atoms with E-state index in [2.05, 4.69) is 26.8 Å². The Balaban J connectivity index is 2.70. The van der Waals surface area contributed by atoms with Gasteiger partial charge in [0.05, 0.1) is 5.02 Å². The van der Waals surface area contributed by atoms with Crippen LogP contribution in [-0.4, -0.2) is 0 Å². The van der Waals surface area contributed by atoms with E-state index in [-0.39, 0.29) is 0 Å². The highest BCUT2D eigenvalue weighted by atomic mass is 35.5. The van der Waals surface area contributed by atoms with Gasteiger partial charge in [-0.2, -0.15) is 0 Å². The number of hydrogen-bond acceptors (Lipinski definition) is 1. The molecule has 1 unspecified atom stereocenters. The van der Waals surface area contributed by atoms with E-state index in [0.29, 0.717) is 0 Å². The maximum absolute atomic E-state index is 6.14. The highest BCUT2D eigenvalue weighted by Gasteiger charge is 2.09.